The lowest BCUT2D eigenvalue weighted by Crippen LogP contribution is -2.35. The predicted molar refractivity (Wildman–Crippen MR) is 142 cm³/mol. The van der Waals surface area contributed by atoms with E-state index in [1.807, 2.05) is 0 Å². The van der Waals surface area contributed by atoms with Crippen molar-refractivity contribution in [3.8, 4) is 0 Å². The fraction of sp³-hybridized carbons (Fsp3) is 1.00. The number of nitrogens with two attached hydrogens (primary N) is 1. The largest absolute Gasteiger partial charge is 0.329 e. The summed E-state index contributed by atoms with van der Waals surface area (Å²) in [5.41, 5.74) is 5.61. The van der Waals surface area contributed by atoms with Crippen molar-refractivity contribution in [3.05, 3.63) is 0 Å². The minimum Gasteiger partial charge on any atom is -0.329 e. The first-order valence-corrected chi connectivity index (χ1v) is 14.5. The SMILES string of the molecule is CCCCCCCCCCCCN(CCCCCCCCCCCC)CCNCCN. The molecule has 3 N–H and O–H groups in total. The summed E-state index contributed by atoms with van der Waals surface area (Å²) >= 11 is 0. The molecule has 0 spiro atoms. The van der Waals surface area contributed by atoms with Gasteiger partial charge in [-0.2, -0.15) is 0 Å². The molecule has 188 valence electrons. The molecule has 0 amide bonds. The molecule has 0 aromatic rings. The quantitative estimate of drug-likeness (QED) is 0.129. The Labute approximate surface area is 197 Å². The van der Waals surface area contributed by atoms with Crippen LogP contribution in [0.25, 0.3) is 0 Å². The minimum absolute atomic E-state index is 0.747. The Hall–Kier alpha value is -0.120. The lowest BCUT2D eigenvalue weighted by molar-refractivity contribution is 0.260. The number of unbranched alkanes of at least 4 members (excludes halogenated alkanes) is 18. The summed E-state index contributed by atoms with van der Waals surface area (Å²) in [6, 6.07) is 0. The minimum atomic E-state index is 0.747. The van der Waals surface area contributed by atoms with E-state index < -0.39 is 0 Å². The van der Waals surface area contributed by atoms with Gasteiger partial charge in [0.05, 0.1) is 0 Å². The highest BCUT2D eigenvalue weighted by molar-refractivity contribution is 4.62. The summed E-state index contributed by atoms with van der Waals surface area (Å²) in [6.45, 7) is 11.2. The first-order valence-electron chi connectivity index (χ1n) is 14.5. The zero-order valence-corrected chi connectivity index (χ0v) is 21.9. The van der Waals surface area contributed by atoms with Crippen molar-refractivity contribution in [2.75, 3.05) is 39.3 Å². The van der Waals surface area contributed by atoms with Crippen LogP contribution in [0.2, 0.25) is 0 Å². The van der Waals surface area contributed by atoms with Gasteiger partial charge < -0.3 is 16.0 Å². The zero-order valence-electron chi connectivity index (χ0n) is 21.9. The van der Waals surface area contributed by atoms with E-state index in [0.717, 1.165) is 19.6 Å². The fourth-order valence-corrected chi connectivity index (χ4v) is 4.45. The summed E-state index contributed by atoms with van der Waals surface area (Å²) in [6.07, 6.45) is 28.5. The van der Waals surface area contributed by atoms with Gasteiger partial charge in [-0.15, -0.1) is 0 Å². The van der Waals surface area contributed by atoms with Crippen LogP contribution in [0, 0.1) is 0 Å². The van der Waals surface area contributed by atoms with Crippen LogP contribution >= 0.6 is 0 Å². The Bertz CT molecular complexity index is 285. The Balaban J connectivity index is 3.68. The molecule has 0 saturated carbocycles. The van der Waals surface area contributed by atoms with Crippen LogP contribution in [0.5, 0.6) is 0 Å². The maximum atomic E-state index is 5.61. The summed E-state index contributed by atoms with van der Waals surface area (Å²) in [4.78, 5) is 2.71. The van der Waals surface area contributed by atoms with Crippen LogP contribution in [-0.2, 0) is 0 Å². The van der Waals surface area contributed by atoms with Gasteiger partial charge in [-0.3, -0.25) is 0 Å². The van der Waals surface area contributed by atoms with Gasteiger partial charge in [0, 0.05) is 26.2 Å². The highest BCUT2D eigenvalue weighted by Crippen LogP contribution is 2.12. The van der Waals surface area contributed by atoms with Crippen molar-refractivity contribution < 1.29 is 0 Å². The second-order valence-corrected chi connectivity index (χ2v) is 9.74. The highest BCUT2D eigenvalue weighted by Gasteiger charge is 2.04. The monoisotopic (exact) mass is 439 g/mol. The molecule has 0 aliphatic heterocycles. The van der Waals surface area contributed by atoms with E-state index >= 15 is 0 Å². The first kappa shape index (κ1) is 30.9. The molecule has 0 fully saturated rings. The molecule has 31 heavy (non-hydrogen) atoms. The van der Waals surface area contributed by atoms with Crippen LogP contribution in [0.1, 0.15) is 142 Å². The van der Waals surface area contributed by atoms with Gasteiger partial charge >= 0.3 is 0 Å². The average molecular weight is 440 g/mol. The van der Waals surface area contributed by atoms with Crippen molar-refractivity contribution in [2.24, 2.45) is 5.73 Å². The standard InChI is InChI=1S/C28H61N3/c1-3-5-7-9-11-13-15-17-19-21-26-31(28-25-30-24-23-29)27-22-20-18-16-14-12-10-8-6-4-2/h30H,3-29H2,1-2H3. The van der Waals surface area contributed by atoms with E-state index in [-0.39, 0.29) is 0 Å². The van der Waals surface area contributed by atoms with Crippen molar-refractivity contribution in [3.63, 3.8) is 0 Å². The molecular weight excluding hydrogens is 378 g/mol. The second-order valence-electron chi connectivity index (χ2n) is 9.74. The maximum Gasteiger partial charge on any atom is 0.0107 e. The Morgan fingerprint density at radius 1 is 0.452 bits per heavy atom. The van der Waals surface area contributed by atoms with E-state index in [4.69, 9.17) is 5.73 Å². The van der Waals surface area contributed by atoms with Gasteiger partial charge in [0.2, 0.25) is 0 Å². The molecule has 3 heteroatoms. The number of rotatable bonds is 27. The number of hydrogen-bond donors (Lipinski definition) is 2. The summed E-state index contributed by atoms with van der Waals surface area (Å²) in [5.74, 6) is 0. The summed E-state index contributed by atoms with van der Waals surface area (Å²) in [7, 11) is 0. The van der Waals surface area contributed by atoms with E-state index in [9.17, 15) is 0 Å². The first-order chi connectivity index (χ1) is 15.3. The van der Waals surface area contributed by atoms with E-state index in [1.54, 1.807) is 0 Å². The average Bonchev–Trinajstić information content (AvgIpc) is 2.78. The van der Waals surface area contributed by atoms with E-state index in [1.165, 1.54) is 148 Å². The molecule has 0 heterocycles. The van der Waals surface area contributed by atoms with Gasteiger partial charge in [-0.25, -0.2) is 0 Å². The predicted octanol–water partition coefficient (Wildman–Crippen LogP) is 7.68. The lowest BCUT2D eigenvalue weighted by Gasteiger charge is -2.22. The summed E-state index contributed by atoms with van der Waals surface area (Å²) < 4.78 is 0. The molecule has 0 unspecified atom stereocenters. The molecule has 0 bridgehead atoms. The van der Waals surface area contributed by atoms with Crippen molar-refractivity contribution in [1.29, 1.82) is 0 Å². The Morgan fingerprint density at radius 3 is 1.16 bits per heavy atom. The molecule has 0 saturated heterocycles. The molecule has 0 aromatic carbocycles. The zero-order chi connectivity index (χ0) is 22.7. The highest BCUT2D eigenvalue weighted by atomic mass is 15.1. The van der Waals surface area contributed by atoms with Crippen molar-refractivity contribution >= 4 is 0 Å². The van der Waals surface area contributed by atoms with Gasteiger partial charge in [-0.05, 0) is 25.9 Å². The third-order valence-electron chi connectivity index (χ3n) is 6.58. The molecule has 0 aliphatic rings. The molecule has 0 aromatic heterocycles. The topological polar surface area (TPSA) is 41.3 Å². The van der Waals surface area contributed by atoms with Crippen LogP contribution in [0.4, 0.5) is 0 Å². The van der Waals surface area contributed by atoms with Gasteiger partial charge in [0.25, 0.3) is 0 Å². The van der Waals surface area contributed by atoms with Crippen LogP contribution < -0.4 is 11.1 Å². The van der Waals surface area contributed by atoms with Gasteiger partial charge in [0.15, 0.2) is 0 Å². The van der Waals surface area contributed by atoms with Crippen LogP contribution in [0.3, 0.4) is 0 Å². The normalized spacial score (nSPS) is 11.6. The molecule has 0 rings (SSSR count). The van der Waals surface area contributed by atoms with Crippen LogP contribution in [-0.4, -0.2) is 44.2 Å². The van der Waals surface area contributed by atoms with E-state index in [2.05, 4.69) is 24.1 Å². The molecule has 3 nitrogen and oxygen atoms in total. The number of hydrogen-bond acceptors (Lipinski definition) is 3. The fourth-order valence-electron chi connectivity index (χ4n) is 4.45. The molecular formula is C28H61N3. The smallest absolute Gasteiger partial charge is 0.0107 e. The molecule has 0 radical (unpaired) electrons. The van der Waals surface area contributed by atoms with Crippen molar-refractivity contribution in [1.82, 2.24) is 10.2 Å². The second kappa shape index (κ2) is 27.9. The van der Waals surface area contributed by atoms with E-state index in [0.29, 0.717) is 0 Å². The van der Waals surface area contributed by atoms with Gasteiger partial charge in [-0.1, -0.05) is 129 Å². The number of nitrogens with one attached hydrogen (secondary N) is 1. The van der Waals surface area contributed by atoms with Crippen molar-refractivity contribution in [2.45, 2.75) is 142 Å². The third kappa shape index (κ3) is 26.0. The summed E-state index contributed by atoms with van der Waals surface area (Å²) in [5, 5.41) is 3.48. The Morgan fingerprint density at radius 2 is 0.806 bits per heavy atom. The van der Waals surface area contributed by atoms with Crippen LogP contribution in [0.15, 0.2) is 0 Å². The third-order valence-corrected chi connectivity index (χ3v) is 6.58. The molecule has 0 aliphatic carbocycles. The number of nitrogens with zero attached hydrogens (tertiary/aromatic N) is 1. The Kier molecular flexibility index (Phi) is 27.8. The maximum absolute atomic E-state index is 5.61. The lowest BCUT2D eigenvalue weighted by atomic mass is 10.1. The van der Waals surface area contributed by atoms with Gasteiger partial charge in [0.1, 0.15) is 0 Å². The molecule has 0 atom stereocenters.